The van der Waals surface area contributed by atoms with Crippen molar-refractivity contribution >= 4 is 5.91 Å². The molecular weight excluding hydrogens is 180 g/mol. The highest BCUT2D eigenvalue weighted by molar-refractivity contribution is 5.84. The van der Waals surface area contributed by atoms with Crippen LogP contribution in [0.2, 0.25) is 0 Å². The summed E-state index contributed by atoms with van der Waals surface area (Å²) in [6.07, 6.45) is 2.66. The SMILES string of the molecule is CC1(C(=O)NCCC2(O)CNC2)CC1. The van der Waals surface area contributed by atoms with Crippen molar-refractivity contribution < 1.29 is 9.90 Å². The molecule has 0 radical (unpaired) electrons. The van der Waals surface area contributed by atoms with Gasteiger partial charge in [-0.1, -0.05) is 6.92 Å². The molecule has 4 heteroatoms. The quantitative estimate of drug-likeness (QED) is 0.577. The zero-order valence-electron chi connectivity index (χ0n) is 8.60. The van der Waals surface area contributed by atoms with Crippen LogP contribution in [0.25, 0.3) is 0 Å². The Kier molecular flexibility index (Phi) is 2.27. The van der Waals surface area contributed by atoms with Crippen molar-refractivity contribution in [1.82, 2.24) is 10.6 Å². The second-order valence-corrected chi connectivity index (χ2v) is 4.89. The molecular formula is C10H18N2O2. The zero-order chi connectivity index (χ0) is 10.2. The highest BCUT2D eigenvalue weighted by Gasteiger charge is 2.44. The Hall–Kier alpha value is -0.610. The summed E-state index contributed by atoms with van der Waals surface area (Å²) in [5.41, 5.74) is -0.668. The van der Waals surface area contributed by atoms with Gasteiger partial charge in [0.05, 0.1) is 5.60 Å². The molecule has 80 valence electrons. The smallest absolute Gasteiger partial charge is 0.225 e. The Bertz CT molecular complexity index is 245. The van der Waals surface area contributed by atoms with Gasteiger partial charge in [-0.05, 0) is 19.3 Å². The molecule has 0 aromatic carbocycles. The zero-order valence-corrected chi connectivity index (χ0v) is 8.60. The van der Waals surface area contributed by atoms with Crippen molar-refractivity contribution in [2.24, 2.45) is 5.41 Å². The topological polar surface area (TPSA) is 61.4 Å². The van der Waals surface area contributed by atoms with E-state index in [1.807, 2.05) is 6.92 Å². The Balaban J connectivity index is 1.65. The van der Waals surface area contributed by atoms with Gasteiger partial charge in [0, 0.05) is 25.0 Å². The van der Waals surface area contributed by atoms with Gasteiger partial charge in [-0.15, -0.1) is 0 Å². The number of carbonyl (C=O) groups excluding carboxylic acids is 1. The van der Waals surface area contributed by atoms with Crippen molar-refractivity contribution in [1.29, 1.82) is 0 Å². The van der Waals surface area contributed by atoms with Gasteiger partial charge < -0.3 is 15.7 Å². The van der Waals surface area contributed by atoms with Crippen LogP contribution in [0.4, 0.5) is 0 Å². The molecule has 0 aromatic rings. The van der Waals surface area contributed by atoms with Gasteiger partial charge in [0.1, 0.15) is 0 Å². The van der Waals surface area contributed by atoms with E-state index in [1.165, 1.54) is 0 Å². The van der Waals surface area contributed by atoms with E-state index in [0.717, 1.165) is 12.8 Å². The average molecular weight is 198 g/mol. The number of carbonyl (C=O) groups is 1. The molecule has 4 nitrogen and oxygen atoms in total. The number of nitrogens with one attached hydrogen (secondary N) is 2. The normalized spacial score (nSPS) is 26.4. The number of aliphatic hydroxyl groups is 1. The van der Waals surface area contributed by atoms with E-state index in [4.69, 9.17) is 0 Å². The fourth-order valence-electron chi connectivity index (χ4n) is 1.63. The van der Waals surface area contributed by atoms with E-state index in [0.29, 0.717) is 26.1 Å². The minimum atomic E-state index is -0.572. The molecule has 3 N–H and O–H groups in total. The minimum absolute atomic E-state index is 0.0967. The van der Waals surface area contributed by atoms with E-state index >= 15 is 0 Å². The van der Waals surface area contributed by atoms with Crippen molar-refractivity contribution in [3.05, 3.63) is 0 Å². The van der Waals surface area contributed by atoms with E-state index in [-0.39, 0.29) is 11.3 Å². The van der Waals surface area contributed by atoms with Crippen LogP contribution in [0.3, 0.4) is 0 Å². The summed E-state index contributed by atoms with van der Waals surface area (Å²) in [5, 5.41) is 15.6. The average Bonchev–Trinajstić information content (AvgIpc) is 2.82. The molecule has 1 saturated heterocycles. The van der Waals surface area contributed by atoms with Crippen LogP contribution in [0, 0.1) is 5.41 Å². The van der Waals surface area contributed by atoms with Crippen molar-refractivity contribution in [3.63, 3.8) is 0 Å². The molecule has 2 aliphatic rings. The summed E-state index contributed by atoms with van der Waals surface area (Å²) in [6.45, 7) is 3.88. The number of amides is 1. The lowest BCUT2D eigenvalue weighted by atomic mass is 9.93. The molecule has 1 aliphatic carbocycles. The lowest BCUT2D eigenvalue weighted by Gasteiger charge is -2.37. The van der Waals surface area contributed by atoms with Gasteiger partial charge in [0.25, 0.3) is 0 Å². The van der Waals surface area contributed by atoms with Crippen molar-refractivity contribution in [3.8, 4) is 0 Å². The maximum absolute atomic E-state index is 11.5. The molecule has 2 fully saturated rings. The second-order valence-electron chi connectivity index (χ2n) is 4.89. The van der Waals surface area contributed by atoms with Crippen LogP contribution >= 0.6 is 0 Å². The number of β-amino-alcohol motifs (C(OH)–C–C–N with tert-alkyl or cyclic N) is 1. The Morgan fingerprint density at radius 3 is 2.57 bits per heavy atom. The molecule has 0 bridgehead atoms. The first-order chi connectivity index (χ1) is 6.54. The standard InChI is InChI=1S/C10H18N2O2/c1-9(2-3-9)8(13)12-5-4-10(14)6-11-7-10/h11,14H,2-7H2,1H3,(H,12,13). The molecule has 0 unspecified atom stereocenters. The van der Waals surface area contributed by atoms with Crippen molar-refractivity contribution in [2.45, 2.75) is 31.8 Å². The summed E-state index contributed by atoms with van der Waals surface area (Å²) in [5.74, 6) is 0.147. The predicted octanol–water partition coefficient (Wildman–Crippen LogP) is -0.373. The molecule has 1 aliphatic heterocycles. The van der Waals surface area contributed by atoms with Gasteiger partial charge in [-0.3, -0.25) is 4.79 Å². The third kappa shape index (κ3) is 1.91. The third-order valence-electron chi connectivity index (χ3n) is 3.33. The molecule has 0 aromatic heterocycles. The molecule has 1 amide bonds. The largest absolute Gasteiger partial charge is 0.387 e. The van der Waals surface area contributed by atoms with Gasteiger partial charge in [0.15, 0.2) is 0 Å². The second kappa shape index (κ2) is 3.21. The van der Waals surface area contributed by atoms with E-state index in [1.54, 1.807) is 0 Å². The molecule has 0 spiro atoms. The van der Waals surface area contributed by atoms with Crippen LogP contribution in [0.1, 0.15) is 26.2 Å². The van der Waals surface area contributed by atoms with Crippen LogP contribution in [0.15, 0.2) is 0 Å². The van der Waals surface area contributed by atoms with Gasteiger partial charge >= 0.3 is 0 Å². The summed E-state index contributed by atoms with van der Waals surface area (Å²) in [7, 11) is 0. The Morgan fingerprint density at radius 1 is 1.50 bits per heavy atom. The highest BCUT2D eigenvalue weighted by Crippen LogP contribution is 2.44. The predicted molar refractivity (Wildman–Crippen MR) is 52.8 cm³/mol. The number of hydrogen-bond donors (Lipinski definition) is 3. The minimum Gasteiger partial charge on any atom is -0.387 e. The fraction of sp³-hybridized carbons (Fsp3) is 0.900. The molecule has 1 saturated carbocycles. The van der Waals surface area contributed by atoms with Crippen LogP contribution in [0.5, 0.6) is 0 Å². The van der Waals surface area contributed by atoms with Crippen LogP contribution in [-0.4, -0.2) is 36.2 Å². The summed E-state index contributed by atoms with van der Waals surface area (Å²) >= 11 is 0. The van der Waals surface area contributed by atoms with Gasteiger partial charge in [0.2, 0.25) is 5.91 Å². The van der Waals surface area contributed by atoms with Crippen LogP contribution in [-0.2, 0) is 4.79 Å². The maximum Gasteiger partial charge on any atom is 0.225 e. The third-order valence-corrected chi connectivity index (χ3v) is 3.33. The molecule has 2 rings (SSSR count). The van der Waals surface area contributed by atoms with Gasteiger partial charge in [-0.25, -0.2) is 0 Å². The summed E-state index contributed by atoms with van der Waals surface area (Å²) in [4.78, 5) is 11.5. The first-order valence-electron chi connectivity index (χ1n) is 5.26. The Labute approximate surface area is 84.1 Å². The highest BCUT2D eigenvalue weighted by atomic mass is 16.3. The van der Waals surface area contributed by atoms with E-state index in [2.05, 4.69) is 10.6 Å². The van der Waals surface area contributed by atoms with Crippen molar-refractivity contribution in [2.75, 3.05) is 19.6 Å². The molecule has 14 heavy (non-hydrogen) atoms. The first-order valence-corrected chi connectivity index (χ1v) is 5.26. The number of hydrogen-bond acceptors (Lipinski definition) is 3. The van der Waals surface area contributed by atoms with Gasteiger partial charge in [-0.2, -0.15) is 0 Å². The fourth-order valence-corrected chi connectivity index (χ4v) is 1.63. The molecule has 1 heterocycles. The van der Waals surface area contributed by atoms with E-state index in [9.17, 15) is 9.90 Å². The summed E-state index contributed by atoms with van der Waals surface area (Å²) < 4.78 is 0. The lowest BCUT2D eigenvalue weighted by molar-refractivity contribution is -0.126. The van der Waals surface area contributed by atoms with E-state index < -0.39 is 5.60 Å². The molecule has 0 atom stereocenters. The first kappa shape index (κ1) is 9.93. The maximum atomic E-state index is 11.5. The monoisotopic (exact) mass is 198 g/mol. The lowest BCUT2D eigenvalue weighted by Crippen LogP contribution is -2.60. The Morgan fingerprint density at radius 2 is 2.14 bits per heavy atom. The number of rotatable bonds is 4. The van der Waals surface area contributed by atoms with Crippen LogP contribution < -0.4 is 10.6 Å². The summed E-state index contributed by atoms with van der Waals surface area (Å²) in [6, 6.07) is 0.